The smallest absolute Gasteiger partial charge is 0.142 e. The van der Waals surface area contributed by atoms with Crippen LogP contribution in [0.4, 0.5) is 0 Å². The molecule has 1 fully saturated rings. The zero-order valence-electron chi connectivity index (χ0n) is 30.1. The van der Waals surface area contributed by atoms with Gasteiger partial charge in [-0.3, -0.25) is 9.19 Å². The lowest BCUT2D eigenvalue weighted by Gasteiger charge is -2.28. The molecule has 0 atom stereocenters. The van der Waals surface area contributed by atoms with Gasteiger partial charge in [0.25, 0.3) is 0 Å². The predicted molar refractivity (Wildman–Crippen MR) is 206 cm³/mol. The Hall–Kier alpha value is -3.86. The Bertz CT molecular complexity index is 1870. The molecule has 4 aromatic rings. The highest BCUT2D eigenvalue weighted by Gasteiger charge is 2.18. The number of rotatable bonds is 17. The topological polar surface area (TPSA) is 131 Å². The monoisotopic (exact) mass is 745 g/mol. The number of nitrogens with one attached hydrogen (secondary N) is 1. The lowest BCUT2D eigenvalue weighted by Crippen LogP contribution is -2.41. The molecule has 3 N–H and O–H groups in total. The van der Waals surface area contributed by atoms with Crippen molar-refractivity contribution in [1.29, 1.82) is 5.26 Å². The van der Waals surface area contributed by atoms with Gasteiger partial charge in [-0.2, -0.15) is 5.26 Å². The van der Waals surface area contributed by atoms with Crippen molar-refractivity contribution < 1.29 is 23.9 Å². The third kappa shape index (κ3) is 10.6. The molecule has 5 rings (SSSR count). The summed E-state index contributed by atoms with van der Waals surface area (Å²) in [6.07, 6.45) is 3.14. The Kier molecular flexibility index (Phi) is 14.6. The van der Waals surface area contributed by atoms with E-state index in [-0.39, 0.29) is 33.0 Å². The fourth-order valence-electron chi connectivity index (χ4n) is 6.20. The van der Waals surface area contributed by atoms with Crippen molar-refractivity contribution in [3.63, 3.8) is 0 Å². The van der Waals surface area contributed by atoms with Crippen LogP contribution in [0.5, 0.6) is 11.5 Å². The van der Waals surface area contributed by atoms with Crippen molar-refractivity contribution in [2.75, 3.05) is 57.9 Å². The van der Waals surface area contributed by atoms with Gasteiger partial charge in [0.2, 0.25) is 0 Å². The van der Waals surface area contributed by atoms with Gasteiger partial charge in [-0.1, -0.05) is 48.0 Å². The molecule has 1 aliphatic rings. The van der Waals surface area contributed by atoms with Gasteiger partial charge < -0.3 is 34.8 Å². The Morgan fingerprint density at radius 3 is 2.33 bits per heavy atom. The Morgan fingerprint density at radius 2 is 1.63 bits per heavy atom. The normalized spacial score (nSPS) is 13.8. The van der Waals surface area contributed by atoms with Crippen molar-refractivity contribution >= 4 is 22.4 Å². The minimum Gasteiger partial charge on any atom is -0.488 e. The first kappa shape index (κ1) is 39.3. The van der Waals surface area contributed by atoms with Gasteiger partial charge in [-0.05, 0) is 66.4 Å². The van der Waals surface area contributed by atoms with E-state index in [0.717, 1.165) is 72.0 Å². The van der Waals surface area contributed by atoms with Crippen molar-refractivity contribution in [2.24, 2.45) is 0 Å². The van der Waals surface area contributed by atoms with E-state index in [0.29, 0.717) is 22.1 Å². The van der Waals surface area contributed by atoms with Gasteiger partial charge in [0.05, 0.1) is 29.8 Å². The van der Waals surface area contributed by atoms with E-state index in [1.807, 2.05) is 0 Å². The van der Waals surface area contributed by atoms with Crippen LogP contribution in [0, 0.1) is 25.2 Å². The maximum Gasteiger partial charge on any atom is 0.142 e. The largest absolute Gasteiger partial charge is 0.488 e. The van der Waals surface area contributed by atoms with Crippen molar-refractivity contribution in [2.45, 2.75) is 46.2 Å². The van der Waals surface area contributed by atoms with E-state index in [9.17, 15) is 19.7 Å². The number of nitrogens with zero attached hydrogens (tertiary/aromatic N) is 4. The first-order valence-corrected chi connectivity index (χ1v) is 19.4. The first-order valence-electron chi connectivity index (χ1n) is 17.5. The molecule has 1 aliphatic heterocycles. The molecule has 2 heterocycles. The number of halogens is 1. The average Bonchev–Trinajstić information content (AvgIpc) is 3.15. The molecule has 0 radical (unpaired) electrons. The summed E-state index contributed by atoms with van der Waals surface area (Å²) in [5.41, 5.74) is 8.91. The van der Waals surface area contributed by atoms with Gasteiger partial charge in [-0.15, -0.1) is 0 Å². The summed E-state index contributed by atoms with van der Waals surface area (Å²) in [7, 11) is 1.50. The molecule has 1 aromatic heterocycles. The summed E-state index contributed by atoms with van der Waals surface area (Å²) >= 11 is 6.75. The van der Waals surface area contributed by atoms with Crippen LogP contribution in [-0.4, -0.2) is 93.2 Å². The van der Waals surface area contributed by atoms with Gasteiger partial charge in [-0.25, -0.2) is 0 Å². The number of ether oxygens (including phenoxy) is 2. The fourth-order valence-corrected chi connectivity index (χ4v) is 7.57. The first-order chi connectivity index (χ1) is 25.2. The molecular formula is C40H48ClN5O5S. The van der Waals surface area contributed by atoms with Gasteiger partial charge in [0, 0.05) is 91.2 Å². The molecule has 0 spiro atoms. The summed E-state index contributed by atoms with van der Waals surface area (Å²) in [6.45, 7) is 9.18. The van der Waals surface area contributed by atoms with Gasteiger partial charge >= 0.3 is 0 Å². The lowest BCUT2D eigenvalue weighted by atomic mass is 9.91. The zero-order chi connectivity index (χ0) is 37.0. The van der Waals surface area contributed by atoms with Crippen LogP contribution in [0.1, 0.15) is 38.9 Å². The third-order valence-corrected chi connectivity index (χ3v) is 11.1. The number of aliphatic hydroxyl groups is 2. The standard InChI is InChI=1S/C40H48ClN5O5S/c1-28-32(23-45(3)10-11-46-12-14-52(49)15-13-46)6-4-8-36(28)37-9-5-7-33(29(37)2)27-51-40-18-39(50-26-31-16-30(19-42)20-43-21-31)34(17-38(40)41)22-44-35(24-47)25-48/h4-9,16-18,20-21,35,44,47-48H,10-15,22-27H2,1-3H3. The molecule has 3 aromatic carbocycles. The summed E-state index contributed by atoms with van der Waals surface area (Å²) in [4.78, 5) is 8.89. The van der Waals surface area contributed by atoms with Crippen molar-refractivity contribution in [1.82, 2.24) is 20.1 Å². The quantitative estimate of drug-likeness (QED) is 0.136. The molecule has 52 heavy (non-hydrogen) atoms. The molecule has 0 bridgehead atoms. The van der Waals surface area contributed by atoms with Gasteiger partial charge in [0.1, 0.15) is 30.8 Å². The molecule has 276 valence electrons. The van der Waals surface area contributed by atoms with E-state index >= 15 is 0 Å². The molecule has 0 amide bonds. The second-order valence-corrected chi connectivity index (χ2v) is 15.3. The Balaban J connectivity index is 1.30. The molecule has 12 heteroatoms. The minimum atomic E-state index is -0.658. The number of likely N-dealkylation sites (N-methyl/N-ethyl adjacent to an activating group) is 1. The van der Waals surface area contributed by atoms with Crippen LogP contribution >= 0.6 is 11.6 Å². The molecule has 1 saturated heterocycles. The molecular weight excluding hydrogens is 698 g/mol. The number of benzene rings is 3. The highest BCUT2D eigenvalue weighted by Crippen LogP contribution is 2.35. The molecule has 0 aliphatic carbocycles. The Labute approximate surface area is 314 Å². The van der Waals surface area contributed by atoms with Crippen LogP contribution < -0.4 is 14.8 Å². The van der Waals surface area contributed by atoms with Crippen LogP contribution in [-0.2, 0) is 37.1 Å². The highest BCUT2D eigenvalue weighted by atomic mass is 35.5. The number of nitriles is 1. The van der Waals surface area contributed by atoms with Crippen LogP contribution in [0.2, 0.25) is 5.02 Å². The minimum absolute atomic E-state index is 0.164. The van der Waals surface area contributed by atoms with E-state index in [1.165, 1.54) is 22.9 Å². The summed E-state index contributed by atoms with van der Waals surface area (Å²) < 4.78 is 24.3. The predicted octanol–water partition coefficient (Wildman–Crippen LogP) is 4.99. The van der Waals surface area contributed by atoms with Gasteiger partial charge in [0.15, 0.2) is 0 Å². The van der Waals surface area contributed by atoms with E-state index in [4.69, 9.17) is 21.1 Å². The van der Waals surface area contributed by atoms with Crippen LogP contribution in [0.15, 0.2) is 67.0 Å². The summed E-state index contributed by atoms with van der Waals surface area (Å²) in [5.74, 6) is 2.52. The van der Waals surface area contributed by atoms with Crippen molar-refractivity contribution in [3.05, 3.63) is 111 Å². The SMILES string of the molecule is Cc1c(COc2cc(OCc3cncc(C#N)c3)c(CNC(CO)CO)cc2Cl)cccc1-c1cccc(CN(C)CCN2CCS(=O)CC2)c1C. The maximum absolute atomic E-state index is 11.7. The molecule has 0 unspecified atom stereocenters. The summed E-state index contributed by atoms with van der Waals surface area (Å²) in [5, 5.41) is 31.9. The number of hydrogen-bond donors (Lipinski definition) is 3. The maximum atomic E-state index is 11.7. The third-order valence-electron chi connectivity index (χ3n) is 9.53. The summed E-state index contributed by atoms with van der Waals surface area (Å²) in [6, 6.07) is 19.6. The fraction of sp³-hybridized carbons (Fsp3) is 0.400. The average molecular weight is 746 g/mol. The lowest BCUT2D eigenvalue weighted by molar-refractivity contribution is 0.170. The van der Waals surface area contributed by atoms with Crippen LogP contribution in [0.3, 0.4) is 0 Å². The van der Waals surface area contributed by atoms with E-state index in [1.54, 1.807) is 24.4 Å². The zero-order valence-corrected chi connectivity index (χ0v) is 31.7. The van der Waals surface area contributed by atoms with E-state index in [2.05, 4.69) is 83.5 Å². The number of hydrogen-bond acceptors (Lipinski definition) is 10. The van der Waals surface area contributed by atoms with E-state index < -0.39 is 16.8 Å². The second kappa shape index (κ2) is 19.3. The molecule has 0 saturated carbocycles. The molecule has 10 nitrogen and oxygen atoms in total. The van der Waals surface area contributed by atoms with Crippen molar-refractivity contribution in [3.8, 4) is 28.7 Å². The number of aliphatic hydroxyl groups excluding tert-OH is 2. The number of aromatic nitrogens is 1. The number of pyridine rings is 1. The highest BCUT2D eigenvalue weighted by molar-refractivity contribution is 7.85. The van der Waals surface area contributed by atoms with Crippen LogP contribution in [0.25, 0.3) is 11.1 Å². The Morgan fingerprint density at radius 1 is 0.962 bits per heavy atom. The second-order valence-electron chi connectivity index (χ2n) is 13.2.